The number of aliphatic imine (C=N–C) groups is 1. The third-order valence-electron chi connectivity index (χ3n) is 7.93. The zero-order valence-corrected chi connectivity index (χ0v) is 23.0. The van der Waals surface area contributed by atoms with Crippen molar-refractivity contribution in [3.05, 3.63) is 90.0 Å². The van der Waals surface area contributed by atoms with Crippen molar-refractivity contribution < 1.29 is 36.9 Å². The summed E-state index contributed by atoms with van der Waals surface area (Å²) in [5.41, 5.74) is 4.28. The van der Waals surface area contributed by atoms with Crippen molar-refractivity contribution in [2.75, 3.05) is 6.61 Å². The molecule has 3 aromatic rings. The Morgan fingerprint density at radius 3 is 2.02 bits per heavy atom. The second-order valence-electron chi connectivity index (χ2n) is 10.4. The molecule has 6 nitrogen and oxygen atoms in total. The maximum atomic E-state index is 14.0. The minimum Gasteiger partial charge on any atom is -0.440 e. The third-order valence-corrected chi connectivity index (χ3v) is 7.93. The van der Waals surface area contributed by atoms with Gasteiger partial charge >= 0.3 is 12.3 Å². The molecule has 9 heteroatoms. The minimum absolute atomic E-state index is 0.0107. The number of rotatable bonds is 6. The van der Waals surface area contributed by atoms with E-state index < -0.39 is 36.7 Å². The average molecular weight is 568 g/mol. The minimum atomic E-state index is -4.90. The molecule has 0 bridgehead atoms. The molecule has 1 fully saturated rings. The normalized spacial score (nSPS) is 24.3. The molecule has 0 spiro atoms. The molecule has 0 N–H and O–H groups in total. The molecule has 3 aromatic carbocycles. The summed E-state index contributed by atoms with van der Waals surface area (Å²) in [6, 6.07) is 23.5. The van der Waals surface area contributed by atoms with Crippen molar-refractivity contribution in [1.82, 2.24) is 0 Å². The van der Waals surface area contributed by atoms with Gasteiger partial charge in [0.1, 0.15) is 6.61 Å². The molecule has 2 unspecified atom stereocenters. The predicted octanol–water partition coefficient (Wildman–Crippen LogP) is 8.04. The van der Waals surface area contributed by atoms with E-state index in [1.54, 1.807) is 25.1 Å². The molecular formula is C32H32F3NO5. The zero-order chi connectivity index (χ0) is 29.1. The summed E-state index contributed by atoms with van der Waals surface area (Å²) in [4.78, 5) is 16.7. The molecule has 2 aliphatic rings. The van der Waals surface area contributed by atoms with Crippen LogP contribution in [0.15, 0.2) is 83.9 Å². The van der Waals surface area contributed by atoms with Gasteiger partial charge in [0.25, 0.3) is 5.90 Å². The van der Waals surface area contributed by atoms with Crippen LogP contribution < -0.4 is 0 Å². The summed E-state index contributed by atoms with van der Waals surface area (Å²) in [6.07, 6.45) is -8.45. The largest absolute Gasteiger partial charge is 0.508 e. The van der Waals surface area contributed by atoms with Gasteiger partial charge in [-0.3, -0.25) is 0 Å². The summed E-state index contributed by atoms with van der Waals surface area (Å²) >= 11 is 0. The average Bonchev–Trinajstić information content (AvgIpc) is 3.29. The van der Waals surface area contributed by atoms with E-state index in [9.17, 15) is 18.0 Å². The number of alkyl halides is 3. The Kier molecular flexibility index (Phi) is 8.35. The van der Waals surface area contributed by atoms with E-state index in [-0.39, 0.29) is 30.0 Å². The van der Waals surface area contributed by atoms with E-state index in [2.05, 4.69) is 4.99 Å². The number of halogens is 3. The molecule has 0 saturated carbocycles. The fourth-order valence-electron chi connectivity index (χ4n) is 5.61. The number of nitrogens with zero attached hydrogens (tertiary/aromatic N) is 1. The van der Waals surface area contributed by atoms with Crippen molar-refractivity contribution in [1.29, 1.82) is 0 Å². The van der Waals surface area contributed by atoms with Crippen molar-refractivity contribution in [2.45, 2.75) is 57.8 Å². The first kappa shape index (κ1) is 28.7. The number of hydrogen-bond acceptors (Lipinski definition) is 6. The molecule has 216 valence electrons. The van der Waals surface area contributed by atoms with E-state index >= 15 is 0 Å². The Balaban J connectivity index is 1.34. The zero-order valence-electron chi connectivity index (χ0n) is 23.0. The van der Waals surface area contributed by atoms with Gasteiger partial charge in [0, 0.05) is 11.8 Å². The fourth-order valence-corrected chi connectivity index (χ4v) is 5.61. The van der Waals surface area contributed by atoms with E-state index in [0.29, 0.717) is 6.42 Å². The molecule has 1 heterocycles. The molecule has 0 radical (unpaired) electrons. The Morgan fingerprint density at radius 2 is 1.44 bits per heavy atom. The lowest BCUT2D eigenvalue weighted by Gasteiger charge is -2.43. The Labute approximate surface area is 237 Å². The van der Waals surface area contributed by atoms with Crippen LogP contribution in [0.25, 0.3) is 11.1 Å². The second kappa shape index (κ2) is 11.9. The number of para-hydroxylation sites is 1. The molecule has 5 rings (SSSR count). The van der Waals surface area contributed by atoms with Crippen LogP contribution in [0.5, 0.6) is 0 Å². The topological polar surface area (TPSA) is 66.3 Å². The Morgan fingerprint density at radius 1 is 0.854 bits per heavy atom. The molecular weight excluding hydrogens is 535 g/mol. The van der Waals surface area contributed by atoms with E-state index in [0.717, 1.165) is 22.3 Å². The number of ether oxygens (including phenoxy) is 4. The van der Waals surface area contributed by atoms with Gasteiger partial charge in [-0.05, 0) is 46.7 Å². The van der Waals surface area contributed by atoms with Crippen LogP contribution in [-0.2, 0) is 18.9 Å². The van der Waals surface area contributed by atoms with Crippen molar-refractivity contribution in [3.63, 3.8) is 0 Å². The fraction of sp³-hybridized carbons (Fsp3) is 0.375. The Hall–Kier alpha value is -3.85. The quantitative estimate of drug-likeness (QED) is 0.171. The third kappa shape index (κ3) is 6.10. The van der Waals surface area contributed by atoms with E-state index in [1.165, 1.54) is 12.1 Å². The summed E-state index contributed by atoms with van der Waals surface area (Å²) in [7, 11) is 0. The molecule has 1 aliphatic heterocycles. The summed E-state index contributed by atoms with van der Waals surface area (Å²) in [6.45, 7) is 5.60. The van der Waals surface area contributed by atoms with Gasteiger partial charge in [-0.1, -0.05) is 87.5 Å². The first-order valence-electron chi connectivity index (χ1n) is 13.7. The monoisotopic (exact) mass is 567 g/mol. The van der Waals surface area contributed by atoms with Crippen LogP contribution in [0.1, 0.15) is 44.2 Å². The van der Waals surface area contributed by atoms with Gasteiger partial charge in [-0.25, -0.2) is 9.79 Å². The maximum absolute atomic E-state index is 14.0. The van der Waals surface area contributed by atoms with Crippen LogP contribution in [0.4, 0.5) is 23.7 Å². The van der Waals surface area contributed by atoms with Gasteiger partial charge in [0.2, 0.25) is 6.29 Å². The van der Waals surface area contributed by atoms with E-state index in [4.69, 9.17) is 18.9 Å². The lowest BCUT2D eigenvalue weighted by atomic mass is 9.82. The van der Waals surface area contributed by atoms with Crippen LogP contribution in [0.2, 0.25) is 0 Å². The van der Waals surface area contributed by atoms with Gasteiger partial charge in [0.05, 0.1) is 11.8 Å². The van der Waals surface area contributed by atoms with Gasteiger partial charge in [-0.2, -0.15) is 13.2 Å². The number of benzene rings is 3. The lowest BCUT2D eigenvalue weighted by molar-refractivity contribution is -0.253. The summed E-state index contributed by atoms with van der Waals surface area (Å²) < 4.78 is 64.5. The molecule has 0 amide bonds. The van der Waals surface area contributed by atoms with Crippen molar-refractivity contribution in [2.24, 2.45) is 16.8 Å². The highest BCUT2D eigenvalue weighted by molar-refractivity contribution is 5.84. The standard InChI is InChI=1S/C32H32F3NO5/c1-4-27-19(2)20(3)28(29(39-27)41-30(32(33,34)35)36-21-12-6-5-7-13-21)40-31(37)38-18-26-24-16-10-8-14-22(24)23-15-9-11-17-25(23)26/h5-17,19-20,26-29H,4,18H2,1-3H3/b36-30+/t19-,20-,27?,28?,29+/m0/s1. The van der Waals surface area contributed by atoms with Crippen LogP contribution in [0.3, 0.4) is 0 Å². The van der Waals surface area contributed by atoms with Crippen LogP contribution in [-0.4, -0.2) is 43.3 Å². The smallest absolute Gasteiger partial charge is 0.440 e. The summed E-state index contributed by atoms with van der Waals surface area (Å²) in [5, 5.41) is 0. The number of fused-ring (bicyclic) bond motifs is 3. The second-order valence-corrected chi connectivity index (χ2v) is 10.4. The molecule has 0 aromatic heterocycles. The molecule has 1 saturated heterocycles. The molecule has 5 atom stereocenters. The van der Waals surface area contributed by atoms with Crippen LogP contribution >= 0.6 is 0 Å². The number of carbonyl (C=O) groups excluding carboxylic acids is 1. The van der Waals surface area contributed by atoms with Gasteiger partial charge in [-0.15, -0.1) is 0 Å². The SMILES string of the molecule is CCC1O[C@H](O/C(=N/c2ccccc2)C(F)(F)F)C(OC(=O)OCC2c3ccccc3-c3ccccc32)[C@@H](C)[C@@H]1C. The Bertz CT molecular complexity index is 1350. The first-order chi connectivity index (χ1) is 19.7. The van der Waals surface area contributed by atoms with Gasteiger partial charge in [0.15, 0.2) is 6.10 Å². The first-order valence-corrected chi connectivity index (χ1v) is 13.7. The van der Waals surface area contributed by atoms with E-state index in [1.807, 2.05) is 62.4 Å². The highest BCUT2D eigenvalue weighted by Gasteiger charge is 2.49. The van der Waals surface area contributed by atoms with Crippen molar-refractivity contribution in [3.8, 4) is 11.1 Å². The number of carbonyl (C=O) groups is 1. The molecule has 41 heavy (non-hydrogen) atoms. The van der Waals surface area contributed by atoms with Crippen molar-refractivity contribution >= 4 is 17.7 Å². The lowest BCUT2D eigenvalue weighted by Crippen LogP contribution is -2.53. The highest BCUT2D eigenvalue weighted by atomic mass is 19.4. The van der Waals surface area contributed by atoms with Gasteiger partial charge < -0.3 is 18.9 Å². The summed E-state index contributed by atoms with van der Waals surface area (Å²) in [5.74, 6) is -2.18. The number of hydrogen-bond donors (Lipinski definition) is 0. The van der Waals surface area contributed by atoms with Crippen LogP contribution in [0, 0.1) is 11.8 Å². The molecule has 1 aliphatic carbocycles. The maximum Gasteiger partial charge on any atom is 0.508 e. The predicted molar refractivity (Wildman–Crippen MR) is 148 cm³/mol. The highest BCUT2D eigenvalue weighted by Crippen LogP contribution is 2.44.